The maximum absolute atomic E-state index is 12.5. The molecule has 0 saturated carbocycles. The van der Waals surface area contributed by atoms with Crippen molar-refractivity contribution in [1.82, 2.24) is 16.0 Å². The zero-order valence-electron chi connectivity index (χ0n) is 15.5. The minimum absolute atomic E-state index is 0. The lowest BCUT2D eigenvalue weighted by atomic mass is 10.0. The normalized spacial score (nSPS) is 14.0. The number of halogens is 1. The van der Waals surface area contributed by atoms with Gasteiger partial charge in [0, 0.05) is 26.1 Å². The van der Waals surface area contributed by atoms with Gasteiger partial charge in [0.2, 0.25) is 11.8 Å². The van der Waals surface area contributed by atoms with Crippen LogP contribution in [0.1, 0.15) is 50.8 Å². The van der Waals surface area contributed by atoms with Crippen LogP contribution in [0.5, 0.6) is 0 Å². The van der Waals surface area contributed by atoms with E-state index < -0.39 is 6.04 Å². The fourth-order valence-electron chi connectivity index (χ4n) is 2.90. The largest absolute Gasteiger partial charge is 0.350 e. The van der Waals surface area contributed by atoms with E-state index in [1.54, 1.807) is 0 Å². The molecule has 3 N–H and O–H groups in total. The molecule has 25 heavy (non-hydrogen) atoms. The minimum atomic E-state index is -0.493. The van der Waals surface area contributed by atoms with Crippen molar-refractivity contribution in [2.45, 2.75) is 59.8 Å². The molecule has 0 aliphatic carbocycles. The van der Waals surface area contributed by atoms with Gasteiger partial charge in [0.1, 0.15) is 6.04 Å². The van der Waals surface area contributed by atoms with Gasteiger partial charge in [-0.3, -0.25) is 9.59 Å². The average molecular weight is 368 g/mol. The maximum atomic E-state index is 12.5. The smallest absolute Gasteiger partial charge is 0.243 e. The third-order valence-electron chi connectivity index (χ3n) is 4.23. The molecule has 5 nitrogen and oxygen atoms in total. The van der Waals surface area contributed by atoms with Gasteiger partial charge in [-0.1, -0.05) is 45.9 Å². The number of fused-ring (bicyclic) bond motifs is 1. The highest BCUT2D eigenvalue weighted by Crippen LogP contribution is 2.17. The van der Waals surface area contributed by atoms with Gasteiger partial charge in [-0.05, 0) is 28.5 Å². The number of nitrogens with one attached hydrogen (secondary N) is 3. The van der Waals surface area contributed by atoms with Gasteiger partial charge in [0.15, 0.2) is 0 Å². The van der Waals surface area contributed by atoms with E-state index in [1.807, 2.05) is 33.8 Å². The molecule has 1 aliphatic heterocycles. The van der Waals surface area contributed by atoms with Crippen LogP contribution in [0.3, 0.4) is 0 Å². The summed E-state index contributed by atoms with van der Waals surface area (Å²) in [6.07, 6.45) is 0.439. The van der Waals surface area contributed by atoms with Crippen molar-refractivity contribution in [3.63, 3.8) is 0 Å². The predicted molar refractivity (Wildman–Crippen MR) is 102 cm³/mol. The fourth-order valence-corrected chi connectivity index (χ4v) is 2.90. The molecular formula is C19H30ClN3O2. The van der Waals surface area contributed by atoms with Crippen LogP contribution < -0.4 is 16.0 Å². The molecule has 0 aromatic heterocycles. The van der Waals surface area contributed by atoms with Gasteiger partial charge >= 0.3 is 0 Å². The van der Waals surface area contributed by atoms with E-state index in [-0.39, 0.29) is 36.1 Å². The third-order valence-corrected chi connectivity index (χ3v) is 4.23. The van der Waals surface area contributed by atoms with Crippen molar-refractivity contribution < 1.29 is 9.59 Å². The summed E-state index contributed by atoms with van der Waals surface area (Å²) in [5.41, 5.74) is 3.71. The van der Waals surface area contributed by atoms with Crippen molar-refractivity contribution in [2.24, 2.45) is 11.8 Å². The minimum Gasteiger partial charge on any atom is -0.350 e. The summed E-state index contributed by atoms with van der Waals surface area (Å²) in [6, 6.07) is 5.80. The summed E-state index contributed by atoms with van der Waals surface area (Å²) < 4.78 is 0. The highest BCUT2D eigenvalue weighted by Gasteiger charge is 2.24. The van der Waals surface area contributed by atoms with Crippen molar-refractivity contribution >= 4 is 24.2 Å². The molecule has 0 spiro atoms. The maximum Gasteiger partial charge on any atom is 0.243 e. The lowest BCUT2D eigenvalue weighted by molar-refractivity contribution is -0.130. The number of carbonyl (C=O) groups is 2. The summed E-state index contributed by atoms with van der Waals surface area (Å²) in [5.74, 6) is 0.134. The quantitative estimate of drug-likeness (QED) is 0.693. The zero-order valence-corrected chi connectivity index (χ0v) is 16.3. The molecule has 1 aromatic carbocycles. The predicted octanol–water partition coefficient (Wildman–Crippen LogP) is 2.51. The Balaban J connectivity index is 0.00000312. The summed E-state index contributed by atoms with van der Waals surface area (Å²) >= 11 is 0. The Bertz CT molecular complexity index is 602. The highest BCUT2D eigenvalue weighted by atomic mass is 35.5. The number of hydrogen-bond donors (Lipinski definition) is 3. The number of benzene rings is 1. The number of rotatable bonds is 7. The SMILES string of the molecule is CC(C)CC(=O)NC(C(=O)NCc1ccc2c(c1)CNC2)C(C)C.Cl. The molecule has 2 rings (SSSR count). The molecule has 0 saturated heterocycles. The van der Waals surface area contributed by atoms with Crippen molar-refractivity contribution in [2.75, 3.05) is 0 Å². The first kappa shape index (κ1) is 21.5. The Morgan fingerprint density at radius 3 is 2.44 bits per heavy atom. The van der Waals surface area contributed by atoms with Crippen LogP contribution in [-0.2, 0) is 29.2 Å². The second kappa shape index (κ2) is 9.78. The second-order valence-electron chi connectivity index (χ2n) is 7.31. The Labute approximate surface area is 156 Å². The van der Waals surface area contributed by atoms with Crippen LogP contribution in [0, 0.1) is 11.8 Å². The van der Waals surface area contributed by atoms with Gasteiger partial charge < -0.3 is 16.0 Å². The van der Waals surface area contributed by atoms with E-state index in [4.69, 9.17) is 0 Å². The molecule has 1 aromatic rings. The highest BCUT2D eigenvalue weighted by molar-refractivity contribution is 5.87. The molecule has 0 bridgehead atoms. The van der Waals surface area contributed by atoms with Crippen LogP contribution in [0.15, 0.2) is 18.2 Å². The molecular weight excluding hydrogens is 338 g/mol. The molecule has 0 radical (unpaired) electrons. The zero-order chi connectivity index (χ0) is 17.7. The third kappa shape index (κ3) is 6.33. The van der Waals surface area contributed by atoms with E-state index in [9.17, 15) is 9.59 Å². The Morgan fingerprint density at radius 2 is 1.80 bits per heavy atom. The van der Waals surface area contributed by atoms with E-state index in [2.05, 4.69) is 28.1 Å². The summed E-state index contributed by atoms with van der Waals surface area (Å²) in [4.78, 5) is 24.5. The standard InChI is InChI=1S/C19H29N3O2.ClH/c1-12(2)7-17(23)22-18(13(3)4)19(24)21-9-14-5-6-15-10-20-11-16(15)8-14;/h5-6,8,12-13,18,20H,7,9-11H2,1-4H3,(H,21,24)(H,22,23);1H. The first-order valence-electron chi connectivity index (χ1n) is 8.75. The first-order chi connectivity index (χ1) is 11.4. The average Bonchev–Trinajstić information content (AvgIpc) is 2.96. The van der Waals surface area contributed by atoms with Crippen LogP contribution in [0.4, 0.5) is 0 Å². The van der Waals surface area contributed by atoms with E-state index >= 15 is 0 Å². The summed E-state index contributed by atoms with van der Waals surface area (Å²) in [7, 11) is 0. The van der Waals surface area contributed by atoms with E-state index in [0.29, 0.717) is 13.0 Å². The van der Waals surface area contributed by atoms with Crippen LogP contribution in [0.2, 0.25) is 0 Å². The fraction of sp³-hybridized carbons (Fsp3) is 0.579. The van der Waals surface area contributed by atoms with Gasteiger partial charge in [-0.25, -0.2) is 0 Å². The second-order valence-corrected chi connectivity index (χ2v) is 7.31. The van der Waals surface area contributed by atoms with Crippen LogP contribution in [0.25, 0.3) is 0 Å². The Hall–Kier alpha value is -1.59. The number of hydrogen-bond acceptors (Lipinski definition) is 3. The van der Waals surface area contributed by atoms with Gasteiger partial charge in [0.05, 0.1) is 0 Å². The lowest BCUT2D eigenvalue weighted by Gasteiger charge is -2.22. The Kier molecular flexibility index (Phi) is 8.39. The monoisotopic (exact) mass is 367 g/mol. The molecule has 0 fully saturated rings. The van der Waals surface area contributed by atoms with Crippen LogP contribution in [-0.4, -0.2) is 17.9 Å². The van der Waals surface area contributed by atoms with Crippen molar-refractivity contribution in [1.29, 1.82) is 0 Å². The Morgan fingerprint density at radius 1 is 1.12 bits per heavy atom. The first-order valence-corrected chi connectivity index (χ1v) is 8.75. The molecule has 1 heterocycles. The molecule has 1 aliphatic rings. The molecule has 6 heteroatoms. The van der Waals surface area contributed by atoms with E-state index in [0.717, 1.165) is 18.7 Å². The molecule has 140 valence electrons. The molecule has 1 atom stereocenters. The van der Waals surface area contributed by atoms with Gasteiger partial charge in [0.25, 0.3) is 0 Å². The molecule has 2 amide bonds. The topological polar surface area (TPSA) is 70.2 Å². The van der Waals surface area contributed by atoms with Crippen molar-refractivity contribution in [3.05, 3.63) is 34.9 Å². The van der Waals surface area contributed by atoms with E-state index in [1.165, 1.54) is 11.1 Å². The van der Waals surface area contributed by atoms with Crippen LogP contribution >= 0.6 is 12.4 Å². The van der Waals surface area contributed by atoms with Gasteiger partial charge in [-0.2, -0.15) is 0 Å². The van der Waals surface area contributed by atoms with Gasteiger partial charge in [-0.15, -0.1) is 12.4 Å². The number of amides is 2. The number of carbonyl (C=O) groups excluding carboxylic acids is 2. The summed E-state index contributed by atoms with van der Waals surface area (Å²) in [5, 5.41) is 9.14. The van der Waals surface area contributed by atoms with Crippen molar-refractivity contribution in [3.8, 4) is 0 Å². The molecule has 1 unspecified atom stereocenters. The summed E-state index contributed by atoms with van der Waals surface area (Å²) in [6.45, 7) is 10.2. The lowest BCUT2D eigenvalue weighted by Crippen LogP contribution is -2.49.